The molecule has 1 aliphatic carbocycles. The van der Waals surface area contributed by atoms with Gasteiger partial charge in [0, 0.05) is 0 Å². The summed E-state index contributed by atoms with van der Waals surface area (Å²) in [4.78, 5) is 0. The first-order valence-electron chi connectivity index (χ1n) is 2.93. The van der Waals surface area contributed by atoms with Crippen molar-refractivity contribution >= 4 is 0 Å². The van der Waals surface area contributed by atoms with Crippen molar-refractivity contribution in [3.8, 4) is 0 Å². The molecule has 0 aromatic rings. The topological polar surface area (TPSA) is 18.5 Å². The fourth-order valence-electron chi connectivity index (χ4n) is 0.948. The number of rotatable bonds is 0. The highest BCUT2D eigenvalue weighted by atomic mass is 16.7. The van der Waals surface area contributed by atoms with Crippen LogP contribution in [-0.2, 0) is 9.47 Å². The molecule has 9 heavy (non-hydrogen) atoms. The number of hydrogen-bond donors (Lipinski definition) is 0. The molecule has 1 fully saturated rings. The maximum atomic E-state index is 5.16. The Morgan fingerprint density at radius 1 is 1.44 bits per heavy atom. The summed E-state index contributed by atoms with van der Waals surface area (Å²) in [5.74, 6) is 0. The molecule has 2 heteroatoms. The molecule has 2 nitrogen and oxygen atoms in total. The largest absolute Gasteiger partial charge is 0.345 e. The summed E-state index contributed by atoms with van der Waals surface area (Å²) >= 11 is 0. The van der Waals surface area contributed by atoms with Gasteiger partial charge in [0.25, 0.3) is 0 Å². The van der Waals surface area contributed by atoms with Gasteiger partial charge in [-0.05, 0) is 6.08 Å². The van der Waals surface area contributed by atoms with Crippen LogP contribution in [0.1, 0.15) is 0 Å². The van der Waals surface area contributed by atoms with E-state index in [4.69, 9.17) is 9.47 Å². The maximum absolute atomic E-state index is 5.16. The van der Waals surface area contributed by atoms with Crippen LogP contribution in [0.5, 0.6) is 0 Å². The normalized spacial score (nSPS) is 33.1. The second-order valence-electron chi connectivity index (χ2n) is 2.00. The third-order valence-corrected chi connectivity index (χ3v) is 1.41. The van der Waals surface area contributed by atoms with E-state index in [1.165, 1.54) is 0 Å². The number of fused-ring (bicyclic) bond motifs is 1. The molecule has 0 aromatic carbocycles. The summed E-state index contributed by atoms with van der Waals surface area (Å²) in [5, 5.41) is 0. The first-order chi connectivity index (χ1) is 4.47. The Labute approximate surface area is 53.8 Å². The minimum Gasteiger partial charge on any atom is -0.345 e. The summed E-state index contributed by atoms with van der Waals surface area (Å²) in [6.45, 7) is 0.397. The lowest BCUT2D eigenvalue weighted by Gasteiger charge is -2.08. The van der Waals surface area contributed by atoms with E-state index in [-0.39, 0.29) is 6.10 Å². The Balaban J connectivity index is 2.18. The van der Waals surface area contributed by atoms with E-state index in [1.54, 1.807) is 0 Å². The molecule has 1 unspecified atom stereocenters. The maximum Gasteiger partial charge on any atom is 0.154 e. The van der Waals surface area contributed by atoms with Gasteiger partial charge in [-0.3, -0.25) is 0 Å². The van der Waals surface area contributed by atoms with Gasteiger partial charge in [-0.1, -0.05) is 18.2 Å². The smallest absolute Gasteiger partial charge is 0.154 e. The standard InChI is InChI=1S/C7H7O2/c1-2-4-7-6(3-1)8-5-9-7/h1-4,6H,5H2. The summed E-state index contributed by atoms with van der Waals surface area (Å²) in [6, 6.07) is 0. The van der Waals surface area contributed by atoms with Crippen LogP contribution in [-0.4, -0.2) is 12.9 Å². The summed E-state index contributed by atoms with van der Waals surface area (Å²) in [6.07, 6.45) is 8.83. The molecule has 2 rings (SSSR count). The zero-order chi connectivity index (χ0) is 6.10. The van der Waals surface area contributed by atoms with Gasteiger partial charge in [-0.2, -0.15) is 0 Å². The Hall–Kier alpha value is -0.600. The van der Waals surface area contributed by atoms with E-state index in [0.717, 1.165) is 6.10 Å². The van der Waals surface area contributed by atoms with Crippen molar-refractivity contribution in [3.05, 3.63) is 30.4 Å². The molecule has 47 valence electrons. The minimum atomic E-state index is 0.0926. The Kier molecular flexibility index (Phi) is 1.14. The van der Waals surface area contributed by atoms with Crippen LogP contribution in [0.15, 0.2) is 24.3 Å². The van der Waals surface area contributed by atoms with Gasteiger partial charge in [0.05, 0.1) is 0 Å². The van der Waals surface area contributed by atoms with Crippen LogP contribution >= 0.6 is 0 Å². The first-order valence-corrected chi connectivity index (χ1v) is 2.93. The molecule has 1 atom stereocenters. The molecule has 0 aromatic heterocycles. The average molecular weight is 123 g/mol. The lowest BCUT2D eigenvalue weighted by atomic mass is 10.1. The van der Waals surface area contributed by atoms with Crippen LogP contribution < -0.4 is 0 Å². The zero-order valence-electron chi connectivity index (χ0n) is 4.91. The third kappa shape index (κ3) is 0.802. The zero-order valence-corrected chi connectivity index (χ0v) is 4.91. The van der Waals surface area contributed by atoms with E-state index >= 15 is 0 Å². The van der Waals surface area contributed by atoms with Crippen molar-refractivity contribution in [2.45, 2.75) is 6.10 Å². The molecular formula is C7H7O2. The van der Waals surface area contributed by atoms with Crippen LogP contribution in [0.25, 0.3) is 0 Å². The predicted molar refractivity (Wildman–Crippen MR) is 32.3 cm³/mol. The van der Waals surface area contributed by atoms with E-state index in [2.05, 4.69) is 0 Å². The second-order valence-corrected chi connectivity index (χ2v) is 2.00. The molecule has 0 amide bonds. The van der Waals surface area contributed by atoms with E-state index < -0.39 is 0 Å². The third-order valence-electron chi connectivity index (χ3n) is 1.41. The van der Waals surface area contributed by atoms with Gasteiger partial charge in [-0.15, -0.1) is 0 Å². The Bertz CT molecular complexity index is 142. The number of ether oxygens (including phenoxy) is 2. The van der Waals surface area contributed by atoms with Gasteiger partial charge in [0.1, 0.15) is 12.9 Å². The quantitative estimate of drug-likeness (QED) is 0.478. The molecule has 1 saturated heterocycles. The highest BCUT2D eigenvalue weighted by Gasteiger charge is 2.26. The fraction of sp³-hybridized carbons (Fsp3) is 0.286. The van der Waals surface area contributed by atoms with Gasteiger partial charge in [0.2, 0.25) is 0 Å². The lowest BCUT2D eigenvalue weighted by Crippen LogP contribution is -2.10. The van der Waals surface area contributed by atoms with E-state index in [1.807, 2.05) is 24.3 Å². The highest BCUT2D eigenvalue weighted by Crippen LogP contribution is 2.24. The van der Waals surface area contributed by atoms with Gasteiger partial charge in [0.15, 0.2) is 6.10 Å². The number of hydrogen-bond acceptors (Lipinski definition) is 2. The van der Waals surface area contributed by atoms with Crippen molar-refractivity contribution in [1.29, 1.82) is 0 Å². The van der Waals surface area contributed by atoms with Crippen LogP contribution in [0, 0.1) is 6.10 Å². The van der Waals surface area contributed by atoms with Crippen molar-refractivity contribution in [1.82, 2.24) is 0 Å². The first kappa shape index (κ1) is 5.21. The Morgan fingerprint density at radius 3 is 3.33 bits per heavy atom. The van der Waals surface area contributed by atoms with Crippen molar-refractivity contribution < 1.29 is 9.47 Å². The fourth-order valence-corrected chi connectivity index (χ4v) is 0.948. The summed E-state index contributed by atoms with van der Waals surface area (Å²) in [7, 11) is 0. The molecule has 0 saturated carbocycles. The van der Waals surface area contributed by atoms with E-state index in [9.17, 15) is 0 Å². The monoisotopic (exact) mass is 123 g/mol. The van der Waals surface area contributed by atoms with Crippen molar-refractivity contribution in [2.75, 3.05) is 6.79 Å². The molecular weight excluding hydrogens is 116 g/mol. The lowest BCUT2D eigenvalue weighted by molar-refractivity contribution is 0.0598. The highest BCUT2D eigenvalue weighted by molar-refractivity contribution is 5.26. The van der Waals surface area contributed by atoms with Gasteiger partial charge < -0.3 is 9.47 Å². The predicted octanol–water partition coefficient (Wildman–Crippen LogP) is 1.02. The Morgan fingerprint density at radius 2 is 2.44 bits per heavy atom. The van der Waals surface area contributed by atoms with Crippen LogP contribution in [0.2, 0.25) is 0 Å². The molecule has 0 spiro atoms. The average Bonchev–Trinajstić information content (AvgIpc) is 2.33. The number of allylic oxidation sites excluding steroid dienone is 2. The second kappa shape index (κ2) is 1.97. The molecule has 1 heterocycles. The van der Waals surface area contributed by atoms with Crippen LogP contribution in [0.3, 0.4) is 0 Å². The molecule has 1 radical (unpaired) electrons. The van der Waals surface area contributed by atoms with Gasteiger partial charge >= 0.3 is 0 Å². The molecule has 1 aliphatic heterocycles. The summed E-state index contributed by atoms with van der Waals surface area (Å²) < 4.78 is 10.3. The SMILES string of the molecule is C1=C[C]2OCOC2C=C1. The van der Waals surface area contributed by atoms with Crippen molar-refractivity contribution in [2.24, 2.45) is 0 Å². The van der Waals surface area contributed by atoms with Crippen molar-refractivity contribution in [3.63, 3.8) is 0 Å². The van der Waals surface area contributed by atoms with Gasteiger partial charge in [-0.25, -0.2) is 0 Å². The van der Waals surface area contributed by atoms with E-state index in [0.29, 0.717) is 6.79 Å². The molecule has 2 aliphatic rings. The van der Waals surface area contributed by atoms with Crippen LogP contribution in [0.4, 0.5) is 0 Å². The molecule has 0 bridgehead atoms. The molecule has 0 N–H and O–H groups in total. The minimum absolute atomic E-state index is 0.0926. The summed E-state index contributed by atoms with van der Waals surface area (Å²) in [5.41, 5.74) is 0.